The first-order valence-corrected chi connectivity index (χ1v) is 12.9. The smallest absolute Gasteiger partial charge is 0.335 e. The number of halogens is 4. The highest BCUT2D eigenvalue weighted by atomic mass is 79.9. The highest BCUT2D eigenvalue weighted by Gasteiger charge is 2.37. The zero-order chi connectivity index (χ0) is 25.3. The standard InChI is InChI=1S/C25H16Br3ClN2O4/c1-13-8-17(6-7-19(13)27)31-24(33)18(23(32)30-25(31)34)9-15-10-20(28)22(21(29)11-15)35-12-14-2-4-16(26)5-3-14/h2-11H,12H2,1H3,(H,30,32,34)/b18-9+. The maximum atomic E-state index is 13.2. The summed E-state index contributed by atoms with van der Waals surface area (Å²) in [6, 6.07) is 15.2. The van der Waals surface area contributed by atoms with Crippen LogP contribution < -0.4 is 15.0 Å². The highest BCUT2D eigenvalue weighted by molar-refractivity contribution is 9.11. The van der Waals surface area contributed by atoms with Gasteiger partial charge in [-0.3, -0.25) is 14.9 Å². The normalized spacial score (nSPS) is 14.9. The average Bonchev–Trinajstić information content (AvgIpc) is 2.79. The Morgan fingerprint density at radius 1 is 0.971 bits per heavy atom. The summed E-state index contributed by atoms with van der Waals surface area (Å²) in [5.74, 6) is -1.09. The van der Waals surface area contributed by atoms with Crippen molar-refractivity contribution >= 4 is 89.0 Å². The van der Waals surface area contributed by atoms with Crippen LogP contribution in [0.4, 0.5) is 10.5 Å². The fraction of sp³-hybridized carbons (Fsp3) is 0.0800. The first-order chi connectivity index (χ1) is 16.6. The Morgan fingerprint density at radius 3 is 2.34 bits per heavy atom. The second-order valence-electron chi connectivity index (χ2n) is 7.62. The van der Waals surface area contributed by atoms with Gasteiger partial charge in [0, 0.05) is 8.95 Å². The second kappa shape index (κ2) is 10.7. The Balaban J connectivity index is 1.61. The minimum Gasteiger partial charge on any atom is -0.486 e. The number of imide groups is 2. The monoisotopic (exact) mass is 680 g/mol. The minimum absolute atomic E-state index is 0.198. The number of aryl methyl sites for hydroxylation is 1. The van der Waals surface area contributed by atoms with Crippen LogP contribution in [0.3, 0.4) is 0 Å². The molecule has 4 rings (SSSR count). The van der Waals surface area contributed by atoms with Crippen LogP contribution in [-0.2, 0) is 16.2 Å². The third-order valence-corrected chi connectivity index (χ3v) is 7.42. The molecule has 1 N–H and O–H groups in total. The van der Waals surface area contributed by atoms with Crippen LogP contribution in [0.2, 0.25) is 5.02 Å². The molecule has 178 valence electrons. The maximum absolute atomic E-state index is 13.2. The van der Waals surface area contributed by atoms with E-state index < -0.39 is 17.8 Å². The van der Waals surface area contributed by atoms with Crippen LogP contribution in [0.15, 0.2) is 73.6 Å². The van der Waals surface area contributed by atoms with E-state index in [1.807, 2.05) is 31.2 Å². The van der Waals surface area contributed by atoms with E-state index >= 15 is 0 Å². The van der Waals surface area contributed by atoms with Crippen LogP contribution in [0.5, 0.6) is 5.75 Å². The summed E-state index contributed by atoms with van der Waals surface area (Å²) in [5, 5.41) is 2.52. The number of nitrogens with one attached hydrogen (secondary N) is 1. The van der Waals surface area contributed by atoms with Crippen LogP contribution in [-0.4, -0.2) is 17.8 Å². The van der Waals surface area contributed by atoms with Gasteiger partial charge in [0.15, 0.2) is 5.75 Å². The lowest BCUT2D eigenvalue weighted by molar-refractivity contribution is -0.122. The first kappa shape index (κ1) is 25.6. The van der Waals surface area contributed by atoms with Gasteiger partial charge in [0.2, 0.25) is 0 Å². The molecule has 4 amide bonds. The van der Waals surface area contributed by atoms with Crippen molar-refractivity contribution in [3.63, 3.8) is 0 Å². The number of hydrogen-bond acceptors (Lipinski definition) is 4. The number of hydrogen-bond donors (Lipinski definition) is 1. The molecule has 3 aromatic rings. The molecule has 0 bridgehead atoms. The van der Waals surface area contributed by atoms with E-state index in [4.69, 9.17) is 16.3 Å². The molecule has 1 aliphatic rings. The van der Waals surface area contributed by atoms with E-state index in [0.29, 0.717) is 33.1 Å². The van der Waals surface area contributed by atoms with Crippen LogP contribution in [0, 0.1) is 6.92 Å². The molecule has 0 atom stereocenters. The predicted molar refractivity (Wildman–Crippen MR) is 146 cm³/mol. The van der Waals surface area contributed by atoms with Crippen molar-refractivity contribution in [2.75, 3.05) is 4.90 Å². The van der Waals surface area contributed by atoms with Gasteiger partial charge in [-0.05, 0) is 88.1 Å². The summed E-state index contributed by atoms with van der Waals surface area (Å²) in [6.07, 6.45) is 1.39. The van der Waals surface area contributed by atoms with Crippen molar-refractivity contribution in [1.82, 2.24) is 5.32 Å². The van der Waals surface area contributed by atoms with Gasteiger partial charge in [0.25, 0.3) is 11.8 Å². The van der Waals surface area contributed by atoms with Crippen molar-refractivity contribution in [2.45, 2.75) is 13.5 Å². The van der Waals surface area contributed by atoms with E-state index in [1.54, 1.807) is 30.3 Å². The molecule has 0 aromatic heterocycles. The molecular weight excluding hydrogens is 667 g/mol. The number of urea groups is 1. The number of benzene rings is 3. The van der Waals surface area contributed by atoms with E-state index in [-0.39, 0.29) is 5.57 Å². The summed E-state index contributed by atoms with van der Waals surface area (Å²) >= 11 is 16.7. The van der Waals surface area contributed by atoms with Gasteiger partial charge in [-0.15, -0.1) is 0 Å². The lowest BCUT2D eigenvalue weighted by Crippen LogP contribution is -2.54. The SMILES string of the molecule is Cc1cc(N2C(=O)NC(=O)/C(=C\c3cc(Cl)c(OCc4ccc(Br)cc4)c(Br)c3)C2=O)ccc1Br. The predicted octanol–water partition coefficient (Wildman–Crippen LogP) is 7.18. The van der Waals surface area contributed by atoms with Crippen molar-refractivity contribution in [3.05, 3.63) is 95.3 Å². The van der Waals surface area contributed by atoms with E-state index in [1.165, 1.54) is 6.08 Å². The summed E-state index contributed by atoms with van der Waals surface area (Å²) in [7, 11) is 0. The van der Waals surface area contributed by atoms with E-state index in [0.717, 1.165) is 25.0 Å². The number of nitrogens with zero attached hydrogens (tertiary/aromatic N) is 1. The molecule has 0 unspecified atom stereocenters. The summed E-state index contributed by atoms with van der Waals surface area (Å²) in [5.41, 5.74) is 2.43. The third-order valence-electron chi connectivity index (χ3n) is 5.13. The van der Waals surface area contributed by atoms with E-state index in [9.17, 15) is 14.4 Å². The molecule has 0 spiro atoms. The van der Waals surface area contributed by atoms with Gasteiger partial charge in [-0.2, -0.15) is 0 Å². The lowest BCUT2D eigenvalue weighted by atomic mass is 10.1. The fourth-order valence-electron chi connectivity index (χ4n) is 3.36. The van der Waals surface area contributed by atoms with Crippen LogP contribution in [0.1, 0.15) is 16.7 Å². The summed E-state index contributed by atoms with van der Waals surface area (Å²) in [4.78, 5) is 39.1. The molecule has 0 aliphatic carbocycles. The average molecular weight is 684 g/mol. The molecule has 3 aromatic carbocycles. The molecule has 1 fully saturated rings. The van der Waals surface area contributed by atoms with Gasteiger partial charge in [-0.25, -0.2) is 9.69 Å². The molecular formula is C25H16Br3ClN2O4. The molecule has 10 heteroatoms. The summed E-state index contributed by atoms with van der Waals surface area (Å²) < 4.78 is 8.22. The highest BCUT2D eigenvalue weighted by Crippen LogP contribution is 2.36. The Bertz CT molecular complexity index is 1370. The number of barbiturate groups is 1. The number of ether oxygens (including phenoxy) is 1. The Kier molecular flexibility index (Phi) is 7.80. The maximum Gasteiger partial charge on any atom is 0.335 e. The molecule has 1 aliphatic heterocycles. The van der Waals surface area contributed by atoms with Crippen LogP contribution in [0.25, 0.3) is 6.08 Å². The summed E-state index contributed by atoms with van der Waals surface area (Å²) in [6.45, 7) is 2.14. The number of amides is 4. The molecule has 0 radical (unpaired) electrons. The number of anilines is 1. The fourth-order valence-corrected chi connectivity index (χ4v) is 4.86. The largest absolute Gasteiger partial charge is 0.486 e. The van der Waals surface area contributed by atoms with Crippen LogP contribution >= 0.6 is 59.4 Å². The quantitative estimate of drug-likeness (QED) is 0.229. The minimum atomic E-state index is -0.810. The molecule has 35 heavy (non-hydrogen) atoms. The van der Waals surface area contributed by atoms with Gasteiger partial charge >= 0.3 is 6.03 Å². The van der Waals surface area contributed by atoms with Gasteiger partial charge in [0.05, 0.1) is 15.2 Å². The van der Waals surface area contributed by atoms with Gasteiger partial charge in [0.1, 0.15) is 12.2 Å². The molecule has 1 saturated heterocycles. The van der Waals surface area contributed by atoms with Crippen molar-refractivity contribution in [3.8, 4) is 5.75 Å². The van der Waals surface area contributed by atoms with Crippen molar-refractivity contribution in [1.29, 1.82) is 0 Å². The van der Waals surface area contributed by atoms with Gasteiger partial charge < -0.3 is 4.74 Å². The van der Waals surface area contributed by atoms with E-state index in [2.05, 4.69) is 53.1 Å². The first-order valence-electron chi connectivity index (χ1n) is 10.2. The molecule has 6 nitrogen and oxygen atoms in total. The number of carbonyl (C=O) groups is 3. The molecule has 1 heterocycles. The second-order valence-corrected chi connectivity index (χ2v) is 10.7. The van der Waals surface area contributed by atoms with Crippen molar-refractivity contribution < 1.29 is 19.1 Å². The zero-order valence-corrected chi connectivity index (χ0v) is 23.6. The number of rotatable bonds is 5. The Hall–Kier alpha value is -2.46. The lowest BCUT2D eigenvalue weighted by Gasteiger charge is -2.26. The Labute approximate surface area is 231 Å². The van der Waals surface area contributed by atoms with Crippen molar-refractivity contribution in [2.24, 2.45) is 0 Å². The topological polar surface area (TPSA) is 75.7 Å². The zero-order valence-electron chi connectivity index (χ0n) is 18.1. The Morgan fingerprint density at radius 2 is 1.69 bits per heavy atom. The number of carbonyl (C=O) groups excluding carboxylic acids is 3. The third kappa shape index (κ3) is 5.69. The molecule has 0 saturated carbocycles. The van der Waals surface area contributed by atoms with Gasteiger partial charge in [-0.1, -0.05) is 55.6 Å².